The van der Waals surface area contributed by atoms with Crippen molar-refractivity contribution in [1.29, 1.82) is 0 Å². The third kappa shape index (κ3) is 2.92. The van der Waals surface area contributed by atoms with Gasteiger partial charge in [0.2, 0.25) is 5.91 Å². The fraction of sp³-hybridized carbons (Fsp3) is 0.364. The highest BCUT2D eigenvalue weighted by Gasteiger charge is 2.14. The minimum absolute atomic E-state index is 0.0196. The topological polar surface area (TPSA) is 52.3 Å². The van der Waals surface area contributed by atoms with E-state index in [1.165, 1.54) is 0 Å². The number of hydrogen-bond acceptors (Lipinski definition) is 2. The third-order valence-corrected chi connectivity index (χ3v) is 2.29. The van der Waals surface area contributed by atoms with Gasteiger partial charge >= 0.3 is 6.61 Å². The predicted molar refractivity (Wildman–Crippen MR) is 55.4 cm³/mol. The first kappa shape index (κ1) is 12.4. The van der Waals surface area contributed by atoms with Crippen LogP contribution in [0.4, 0.5) is 8.78 Å². The standard InChI is InChI=1S/C11H13F2NO2/c1-6-3-4-8(5-9(14)15)7(2)10(6)16-11(12)13/h3-4,11H,5H2,1-2H3,(H2,14,15). The average Bonchev–Trinajstić information content (AvgIpc) is 2.16. The Morgan fingerprint density at radius 2 is 2.06 bits per heavy atom. The van der Waals surface area contributed by atoms with Gasteiger partial charge < -0.3 is 10.5 Å². The van der Waals surface area contributed by atoms with Crippen molar-refractivity contribution in [3.8, 4) is 5.75 Å². The Balaban J connectivity index is 3.10. The largest absolute Gasteiger partial charge is 0.434 e. The van der Waals surface area contributed by atoms with E-state index in [1.807, 2.05) is 0 Å². The molecule has 0 fully saturated rings. The summed E-state index contributed by atoms with van der Waals surface area (Å²) >= 11 is 0. The van der Waals surface area contributed by atoms with Crippen LogP contribution >= 0.6 is 0 Å². The molecule has 0 radical (unpaired) electrons. The lowest BCUT2D eigenvalue weighted by Gasteiger charge is -2.14. The summed E-state index contributed by atoms with van der Waals surface area (Å²) in [4.78, 5) is 10.8. The van der Waals surface area contributed by atoms with Gasteiger partial charge in [-0.3, -0.25) is 4.79 Å². The molecule has 2 N–H and O–H groups in total. The second-order valence-electron chi connectivity index (χ2n) is 3.52. The monoisotopic (exact) mass is 229 g/mol. The predicted octanol–water partition coefficient (Wildman–Crippen LogP) is 1.93. The molecular formula is C11H13F2NO2. The molecule has 16 heavy (non-hydrogen) atoms. The number of hydrogen-bond donors (Lipinski definition) is 1. The van der Waals surface area contributed by atoms with Gasteiger partial charge in [0.1, 0.15) is 5.75 Å². The lowest BCUT2D eigenvalue weighted by atomic mass is 10.0. The van der Waals surface area contributed by atoms with E-state index in [4.69, 9.17) is 5.73 Å². The SMILES string of the molecule is Cc1ccc(CC(N)=O)c(C)c1OC(F)F. The Morgan fingerprint density at radius 3 is 2.56 bits per heavy atom. The molecule has 0 unspecified atom stereocenters. The zero-order valence-corrected chi connectivity index (χ0v) is 9.09. The van der Waals surface area contributed by atoms with Gasteiger partial charge in [-0.15, -0.1) is 0 Å². The number of benzene rings is 1. The van der Waals surface area contributed by atoms with Crippen LogP contribution in [-0.2, 0) is 11.2 Å². The summed E-state index contributed by atoms with van der Waals surface area (Å²) in [6, 6.07) is 3.32. The normalized spacial score (nSPS) is 10.6. The number of carbonyl (C=O) groups excluding carboxylic acids is 1. The molecule has 0 spiro atoms. The molecule has 1 aromatic carbocycles. The maximum absolute atomic E-state index is 12.2. The minimum Gasteiger partial charge on any atom is -0.434 e. The molecular weight excluding hydrogens is 216 g/mol. The summed E-state index contributed by atoms with van der Waals surface area (Å²) in [6.07, 6.45) is 0.0196. The van der Waals surface area contributed by atoms with Gasteiger partial charge in [0.05, 0.1) is 6.42 Å². The molecule has 0 saturated heterocycles. The van der Waals surface area contributed by atoms with Crippen LogP contribution in [0, 0.1) is 13.8 Å². The van der Waals surface area contributed by atoms with E-state index in [1.54, 1.807) is 26.0 Å². The van der Waals surface area contributed by atoms with Crippen LogP contribution in [0.5, 0.6) is 5.75 Å². The average molecular weight is 229 g/mol. The van der Waals surface area contributed by atoms with Crippen molar-refractivity contribution in [1.82, 2.24) is 0 Å². The van der Waals surface area contributed by atoms with Crippen molar-refractivity contribution in [3.63, 3.8) is 0 Å². The number of nitrogens with two attached hydrogens (primary N) is 1. The zero-order valence-electron chi connectivity index (χ0n) is 9.09. The fourth-order valence-electron chi connectivity index (χ4n) is 1.52. The fourth-order valence-corrected chi connectivity index (χ4v) is 1.52. The molecule has 0 heterocycles. The van der Waals surface area contributed by atoms with Crippen LogP contribution in [0.15, 0.2) is 12.1 Å². The number of alkyl halides is 2. The van der Waals surface area contributed by atoms with Gasteiger partial charge in [0, 0.05) is 0 Å². The molecule has 88 valence electrons. The summed E-state index contributed by atoms with van der Waals surface area (Å²) in [5.74, 6) is -0.385. The second-order valence-corrected chi connectivity index (χ2v) is 3.52. The molecule has 1 rings (SSSR count). The van der Waals surface area contributed by atoms with E-state index in [9.17, 15) is 13.6 Å². The maximum Gasteiger partial charge on any atom is 0.387 e. The van der Waals surface area contributed by atoms with E-state index < -0.39 is 12.5 Å². The molecule has 5 heteroatoms. The second kappa shape index (κ2) is 4.92. The lowest BCUT2D eigenvalue weighted by molar-refractivity contribution is -0.117. The van der Waals surface area contributed by atoms with E-state index in [-0.39, 0.29) is 12.2 Å². The van der Waals surface area contributed by atoms with Gasteiger partial charge in [-0.2, -0.15) is 8.78 Å². The van der Waals surface area contributed by atoms with Gasteiger partial charge in [0.15, 0.2) is 0 Å². The van der Waals surface area contributed by atoms with Crippen LogP contribution < -0.4 is 10.5 Å². The molecule has 0 aliphatic heterocycles. The van der Waals surface area contributed by atoms with Gasteiger partial charge in [-0.05, 0) is 30.5 Å². The number of carbonyl (C=O) groups is 1. The molecule has 0 aromatic heterocycles. The summed E-state index contributed by atoms with van der Waals surface area (Å²) in [6.45, 7) is 0.420. The van der Waals surface area contributed by atoms with Crippen LogP contribution in [0.2, 0.25) is 0 Å². The van der Waals surface area contributed by atoms with Gasteiger partial charge in [-0.1, -0.05) is 12.1 Å². The van der Waals surface area contributed by atoms with Crippen molar-refractivity contribution < 1.29 is 18.3 Å². The lowest BCUT2D eigenvalue weighted by Crippen LogP contribution is -2.15. The Morgan fingerprint density at radius 1 is 1.44 bits per heavy atom. The number of primary amides is 1. The van der Waals surface area contributed by atoms with Crippen molar-refractivity contribution >= 4 is 5.91 Å². The Bertz CT molecular complexity index is 405. The van der Waals surface area contributed by atoms with Crippen LogP contribution in [0.1, 0.15) is 16.7 Å². The molecule has 0 bridgehead atoms. The smallest absolute Gasteiger partial charge is 0.387 e. The molecule has 0 aliphatic carbocycles. The molecule has 0 saturated carbocycles. The first-order valence-corrected chi connectivity index (χ1v) is 4.74. The van der Waals surface area contributed by atoms with Crippen LogP contribution in [0.3, 0.4) is 0 Å². The zero-order chi connectivity index (χ0) is 12.3. The van der Waals surface area contributed by atoms with Crippen molar-refractivity contribution in [2.45, 2.75) is 26.9 Å². The summed E-state index contributed by atoms with van der Waals surface area (Å²) in [7, 11) is 0. The van der Waals surface area contributed by atoms with E-state index >= 15 is 0 Å². The van der Waals surface area contributed by atoms with E-state index in [0.29, 0.717) is 16.7 Å². The highest BCUT2D eigenvalue weighted by Crippen LogP contribution is 2.27. The summed E-state index contributed by atoms with van der Waals surface area (Å²) in [5, 5.41) is 0. The number of aryl methyl sites for hydroxylation is 1. The molecule has 0 atom stereocenters. The van der Waals surface area contributed by atoms with Gasteiger partial charge in [-0.25, -0.2) is 0 Å². The Labute approximate surface area is 92.2 Å². The highest BCUT2D eigenvalue weighted by molar-refractivity contribution is 5.77. The maximum atomic E-state index is 12.2. The number of rotatable bonds is 4. The Hall–Kier alpha value is -1.65. The summed E-state index contributed by atoms with van der Waals surface area (Å²) in [5.41, 5.74) is 6.79. The molecule has 1 aromatic rings. The molecule has 3 nitrogen and oxygen atoms in total. The van der Waals surface area contributed by atoms with Crippen LogP contribution in [-0.4, -0.2) is 12.5 Å². The van der Waals surface area contributed by atoms with E-state index in [2.05, 4.69) is 4.74 Å². The van der Waals surface area contributed by atoms with Gasteiger partial charge in [0.25, 0.3) is 0 Å². The van der Waals surface area contributed by atoms with E-state index in [0.717, 1.165) is 0 Å². The quantitative estimate of drug-likeness (QED) is 0.857. The molecule has 1 amide bonds. The Kier molecular flexibility index (Phi) is 3.82. The first-order chi connectivity index (χ1) is 7.41. The highest BCUT2D eigenvalue weighted by atomic mass is 19.3. The summed E-state index contributed by atoms with van der Waals surface area (Å²) < 4.78 is 28.7. The molecule has 0 aliphatic rings. The van der Waals surface area contributed by atoms with Crippen LogP contribution in [0.25, 0.3) is 0 Å². The van der Waals surface area contributed by atoms with Crippen molar-refractivity contribution in [2.75, 3.05) is 0 Å². The third-order valence-electron chi connectivity index (χ3n) is 2.29. The number of amides is 1. The minimum atomic E-state index is -2.87. The number of halogens is 2. The first-order valence-electron chi connectivity index (χ1n) is 4.74. The van der Waals surface area contributed by atoms with Crippen molar-refractivity contribution in [3.05, 3.63) is 28.8 Å². The number of ether oxygens (including phenoxy) is 1. The van der Waals surface area contributed by atoms with Crippen molar-refractivity contribution in [2.24, 2.45) is 5.73 Å².